The summed E-state index contributed by atoms with van der Waals surface area (Å²) in [6.45, 7) is 2.27. The van der Waals surface area contributed by atoms with Crippen LogP contribution in [0, 0.1) is 0 Å². The molecule has 1 fully saturated rings. The monoisotopic (exact) mass is 397 g/mol. The number of rotatable bonds is 4. The lowest BCUT2D eigenvalue weighted by molar-refractivity contribution is -0.132. The van der Waals surface area contributed by atoms with Gasteiger partial charge in [0.25, 0.3) is 5.91 Å². The summed E-state index contributed by atoms with van der Waals surface area (Å²) in [6.07, 6.45) is 0.313. The Kier molecular flexibility index (Phi) is 5.31. The van der Waals surface area contributed by atoms with Crippen molar-refractivity contribution in [2.24, 2.45) is 0 Å². The van der Waals surface area contributed by atoms with Crippen molar-refractivity contribution in [1.82, 2.24) is 14.8 Å². The van der Waals surface area contributed by atoms with Crippen LogP contribution in [0.5, 0.6) is 0 Å². The maximum absolute atomic E-state index is 12.6. The molecule has 0 N–H and O–H groups in total. The van der Waals surface area contributed by atoms with Gasteiger partial charge in [-0.15, -0.1) is 11.3 Å². The first kappa shape index (κ1) is 17.9. The van der Waals surface area contributed by atoms with Gasteiger partial charge >= 0.3 is 0 Å². The molecule has 0 spiro atoms. The summed E-state index contributed by atoms with van der Waals surface area (Å²) in [6, 6.07) is 11.3. The van der Waals surface area contributed by atoms with E-state index in [4.69, 9.17) is 0 Å². The average Bonchev–Trinajstić information content (AvgIpc) is 3.40. The maximum Gasteiger partial charge on any atom is 0.253 e. The van der Waals surface area contributed by atoms with Gasteiger partial charge in [0.2, 0.25) is 5.91 Å². The number of hydrogen-bond acceptors (Lipinski definition) is 5. The van der Waals surface area contributed by atoms with Crippen LogP contribution in [0.15, 0.2) is 52.5 Å². The van der Waals surface area contributed by atoms with Crippen LogP contribution in [0.25, 0.3) is 10.6 Å². The number of piperazine rings is 1. The number of carbonyl (C=O) groups excluding carboxylic acids is 2. The molecular formula is C20H19N3O2S2. The summed E-state index contributed by atoms with van der Waals surface area (Å²) in [5.74, 6) is 0.103. The largest absolute Gasteiger partial charge is 0.339 e. The number of hydrogen-bond donors (Lipinski definition) is 0. The van der Waals surface area contributed by atoms with Gasteiger partial charge in [0.15, 0.2) is 0 Å². The van der Waals surface area contributed by atoms with Crippen LogP contribution < -0.4 is 0 Å². The summed E-state index contributed by atoms with van der Waals surface area (Å²) < 4.78 is 0. The molecule has 0 unspecified atom stereocenters. The van der Waals surface area contributed by atoms with Crippen molar-refractivity contribution in [3.63, 3.8) is 0 Å². The molecule has 27 heavy (non-hydrogen) atoms. The molecule has 2 aromatic heterocycles. The molecule has 3 aromatic rings. The van der Waals surface area contributed by atoms with Gasteiger partial charge in [0.1, 0.15) is 5.01 Å². The predicted octanol–water partition coefficient (Wildman–Crippen LogP) is 3.40. The highest BCUT2D eigenvalue weighted by molar-refractivity contribution is 7.14. The third kappa shape index (κ3) is 4.09. The van der Waals surface area contributed by atoms with E-state index in [1.807, 2.05) is 57.0 Å². The van der Waals surface area contributed by atoms with Crippen LogP contribution >= 0.6 is 22.7 Å². The average molecular weight is 398 g/mol. The first-order valence-electron chi connectivity index (χ1n) is 8.80. The lowest BCUT2D eigenvalue weighted by Crippen LogP contribution is -2.51. The number of amides is 2. The molecule has 3 heterocycles. The number of aromatic nitrogens is 1. The number of nitrogens with zero attached hydrogens (tertiary/aromatic N) is 3. The second-order valence-electron chi connectivity index (χ2n) is 6.37. The number of benzene rings is 1. The number of carbonyl (C=O) groups is 2. The molecule has 0 bridgehead atoms. The van der Waals surface area contributed by atoms with Gasteiger partial charge in [-0.2, -0.15) is 11.3 Å². The first-order valence-corrected chi connectivity index (χ1v) is 10.6. The highest BCUT2D eigenvalue weighted by Crippen LogP contribution is 2.26. The van der Waals surface area contributed by atoms with Gasteiger partial charge in [0.05, 0.1) is 12.1 Å². The summed E-state index contributed by atoms with van der Waals surface area (Å²) in [5.41, 5.74) is 2.62. The fourth-order valence-electron chi connectivity index (χ4n) is 3.10. The van der Waals surface area contributed by atoms with Crippen molar-refractivity contribution in [3.05, 3.63) is 63.8 Å². The van der Waals surface area contributed by atoms with Gasteiger partial charge < -0.3 is 9.80 Å². The summed E-state index contributed by atoms with van der Waals surface area (Å²) >= 11 is 3.21. The standard InChI is InChI=1S/C20H19N3O2S2/c24-18(12-17-14-27-19(21-17)16-6-11-26-13-16)22-7-9-23(10-8-22)20(25)15-4-2-1-3-5-15/h1-6,11,13-14H,7-10,12H2. The van der Waals surface area contributed by atoms with E-state index in [0.29, 0.717) is 38.2 Å². The smallest absolute Gasteiger partial charge is 0.253 e. The number of thiophene rings is 1. The summed E-state index contributed by atoms with van der Waals surface area (Å²) in [5, 5.41) is 7.00. The quantitative estimate of drug-likeness (QED) is 0.678. The molecule has 1 saturated heterocycles. The Balaban J connectivity index is 1.32. The lowest BCUT2D eigenvalue weighted by Gasteiger charge is -2.34. The van der Waals surface area contributed by atoms with Gasteiger partial charge in [-0.25, -0.2) is 4.98 Å². The third-order valence-electron chi connectivity index (χ3n) is 4.59. The Labute approximate surface area is 165 Å². The Bertz CT molecular complexity index is 914. The maximum atomic E-state index is 12.6. The minimum Gasteiger partial charge on any atom is -0.339 e. The van der Waals surface area contributed by atoms with Crippen LogP contribution in [-0.2, 0) is 11.2 Å². The van der Waals surface area contributed by atoms with Crippen LogP contribution in [0.3, 0.4) is 0 Å². The molecule has 2 amide bonds. The molecule has 1 aliphatic rings. The normalized spacial score (nSPS) is 14.4. The van der Waals surface area contributed by atoms with E-state index in [9.17, 15) is 9.59 Å². The molecule has 0 saturated carbocycles. The topological polar surface area (TPSA) is 53.5 Å². The Morgan fingerprint density at radius 1 is 0.963 bits per heavy atom. The van der Waals surface area contributed by atoms with E-state index in [-0.39, 0.29) is 11.8 Å². The van der Waals surface area contributed by atoms with Crippen molar-refractivity contribution >= 4 is 34.5 Å². The second kappa shape index (κ2) is 8.02. The highest BCUT2D eigenvalue weighted by atomic mass is 32.1. The van der Waals surface area contributed by atoms with Crippen LogP contribution in [0.1, 0.15) is 16.1 Å². The molecule has 0 aliphatic carbocycles. The minimum absolute atomic E-state index is 0.0302. The van der Waals surface area contributed by atoms with Gasteiger partial charge in [-0.05, 0) is 23.6 Å². The molecule has 5 nitrogen and oxygen atoms in total. The Hall–Kier alpha value is -2.51. The zero-order valence-corrected chi connectivity index (χ0v) is 16.3. The van der Waals surface area contributed by atoms with E-state index in [2.05, 4.69) is 10.4 Å². The second-order valence-corrected chi connectivity index (χ2v) is 8.01. The van der Waals surface area contributed by atoms with Crippen molar-refractivity contribution in [2.45, 2.75) is 6.42 Å². The molecule has 7 heteroatoms. The molecule has 1 aliphatic heterocycles. The summed E-state index contributed by atoms with van der Waals surface area (Å²) in [7, 11) is 0. The van der Waals surface area contributed by atoms with Crippen molar-refractivity contribution in [2.75, 3.05) is 26.2 Å². The van der Waals surface area contributed by atoms with Gasteiger partial charge in [-0.3, -0.25) is 9.59 Å². The van der Waals surface area contributed by atoms with Gasteiger partial charge in [-0.1, -0.05) is 18.2 Å². The minimum atomic E-state index is 0.0302. The first-order chi connectivity index (χ1) is 13.2. The molecular weight excluding hydrogens is 378 g/mol. The van der Waals surface area contributed by atoms with E-state index in [1.165, 1.54) is 0 Å². The van der Waals surface area contributed by atoms with Crippen molar-refractivity contribution in [1.29, 1.82) is 0 Å². The Morgan fingerprint density at radius 3 is 2.41 bits per heavy atom. The van der Waals surface area contributed by atoms with Crippen LogP contribution in [0.4, 0.5) is 0 Å². The fourth-order valence-corrected chi connectivity index (χ4v) is 4.63. The van der Waals surface area contributed by atoms with Crippen LogP contribution in [-0.4, -0.2) is 52.8 Å². The Morgan fingerprint density at radius 2 is 1.70 bits per heavy atom. The fraction of sp³-hybridized carbons (Fsp3) is 0.250. The van der Waals surface area contributed by atoms with Crippen molar-refractivity contribution in [3.8, 4) is 10.6 Å². The van der Waals surface area contributed by atoms with Crippen LogP contribution in [0.2, 0.25) is 0 Å². The van der Waals surface area contributed by atoms with E-state index < -0.39 is 0 Å². The molecule has 138 valence electrons. The summed E-state index contributed by atoms with van der Waals surface area (Å²) in [4.78, 5) is 33.3. The van der Waals surface area contributed by atoms with E-state index in [0.717, 1.165) is 16.3 Å². The number of thiazole rings is 1. The molecule has 1 aromatic carbocycles. The molecule has 0 radical (unpaired) electrons. The van der Waals surface area contributed by atoms with Gasteiger partial charge in [0, 0.05) is 48.1 Å². The lowest BCUT2D eigenvalue weighted by atomic mass is 10.2. The predicted molar refractivity (Wildman–Crippen MR) is 108 cm³/mol. The molecule has 0 atom stereocenters. The highest BCUT2D eigenvalue weighted by Gasteiger charge is 2.25. The molecule has 4 rings (SSSR count). The zero-order valence-electron chi connectivity index (χ0n) is 14.7. The SMILES string of the molecule is O=C(Cc1csc(-c2ccsc2)n1)N1CCN(C(=O)c2ccccc2)CC1. The zero-order chi connectivity index (χ0) is 18.6. The van der Waals surface area contributed by atoms with E-state index >= 15 is 0 Å². The van der Waals surface area contributed by atoms with E-state index in [1.54, 1.807) is 22.7 Å². The third-order valence-corrected chi connectivity index (χ3v) is 6.22. The van der Waals surface area contributed by atoms with Crippen molar-refractivity contribution < 1.29 is 9.59 Å².